The second-order valence-electron chi connectivity index (χ2n) is 8.84. The van der Waals surface area contributed by atoms with E-state index in [1.165, 1.54) is 11.8 Å². The van der Waals surface area contributed by atoms with Crippen LogP contribution in [-0.2, 0) is 26.0 Å². The molecule has 1 heterocycles. The van der Waals surface area contributed by atoms with Crippen LogP contribution < -0.4 is 19.1 Å². The van der Waals surface area contributed by atoms with Gasteiger partial charge in [-0.2, -0.15) is 0 Å². The average Bonchev–Trinajstić information content (AvgIpc) is 3.38. The summed E-state index contributed by atoms with van der Waals surface area (Å²) in [4.78, 5) is 28.4. The maximum absolute atomic E-state index is 13.8. The molecule has 1 N–H and O–H groups in total. The van der Waals surface area contributed by atoms with Crippen LogP contribution in [-0.4, -0.2) is 63.4 Å². The van der Waals surface area contributed by atoms with Crippen LogP contribution >= 0.6 is 0 Å². The Labute approximate surface area is 219 Å². The lowest BCUT2D eigenvalue weighted by molar-refractivity contribution is -0.139. The highest BCUT2D eigenvalue weighted by atomic mass is 32.2. The molecule has 0 spiro atoms. The van der Waals surface area contributed by atoms with Gasteiger partial charge in [0.1, 0.15) is 12.6 Å². The van der Waals surface area contributed by atoms with Gasteiger partial charge < -0.3 is 19.7 Å². The molecule has 1 aliphatic heterocycles. The number of carbonyl (C=O) groups excluding carboxylic acids is 2. The molecule has 0 aromatic heterocycles. The van der Waals surface area contributed by atoms with Gasteiger partial charge in [-0.1, -0.05) is 50.6 Å². The van der Waals surface area contributed by atoms with Crippen molar-refractivity contribution in [2.75, 3.05) is 36.5 Å². The Bertz CT molecular complexity index is 1160. The molecule has 0 radical (unpaired) electrons. The van der Waals surface area contributed by atoms with Gasteiger partial charge in [0.15, 0.2) is 11.5 Å². The van der Waals surface area contributed by atoms with Crippen LogP contribution in [0.4, 0.5) is 5.69 Å². The number of ether oxygens (including phenoxy) is 2. The van der Waals surface area contributed by atoms with Crippen LogP contribution in [0, 0.1) is 0 Å². The van der Waals surface area contributed by atoms with Crippen molar-refractivity contribution < 1.29 is 27.5 Å². The van der Waals surface area contributed by atoms with E-state index >= 15 is 0 Å². The summed E-state index contributed by atoms with van der Waals surface area (Å²) in [6.45, 7) is 5.86. The first kappa shape index (κ1) is 28.3. The number of amides is 2. The van der Waals surface area contributed by atoms with Gasteiger partial charge in [0.25, 0.3) is 0 Å². The van der Waals surface area contributed by atoms with Crippen LogP contribution in [0.2, 0.25) is 0 Å². The lowest BCUT2D eigenvalue weighted by atomic mass is 10.1. The summed E-state index contributed by atoms with van der Waals surface area (Å²) >= 11 is 0. The largest absolute Gasteiger partial charge is 0.454 e. The van der Waals surface area contributed by atoms with E-state index in [0.29, 0.717) is 36.6 Å². The summed E-state index contributed by atoms with van der Waals surface area (Å²) in [5.74, 6) is 0.0774. The van der Waals surface area contributed by atoms with E-state index in [4.69, 9.17) is 9.47 Å². The zero-order chi connectivity index (χ0) is 26.8. The highest BCUT2D eigenvalue weighted by molar-refractivity contribution is 7.92. The lowest BCUT2D eigenvalue weighted by Gasteiger charge is -2.33. The molecule has 0 aliphatic carbocycles. The summed E-state index contributed by atoms with van der Waals surface area (Å²) in [5, 5.41) is 2.93. The molecule has 2 aromatic rings. The molecule has 3 rings (SSSR count). The molecule has 202 valence electrons. The minimum Gasteiger partial charge on any atom is -0.454 e. The van der Waals surface area contributed by atoms with E-state index in [-0.39, 0.29) is 25.0 Å². The molecular weight excluding hydrogens is 494 g/mol. The number of anilines is 1. The minimum atomic E-state index is -3.81. The van der Waals surface area contributed by atoms with Crippen LogP contribution in [0.5, 0.6) is 11.5 Å². The van der Waals surface area contributed by atoms with E-state index in [9.17, 15) is 18.0 Å². The molecule has 10 heteroatoms. The van der Waals surface area contributed by atoms with Crippen molar-refractivity contribution in [2.24, 2.45) is 0 Å². The SMILES string of the molecule is CCCCNC(=O)C(CC)N(CCc1ccccc1)C(=O)CN(c1ccc2c(c1)OCO2)S(=O)(=O)CC. The van der Waals surface area contributed by atoms with Crippen LogP contribution in [0.1, 0.15) is 45.6 Å². The van der Waals surface area contributed by atoms with Gasteiger partial charge in [0, 0.05) is 19.2 Å². The highest BCUT2D eigenvalue weighted by Gasteiger charge is 2.32. The Morgan fingerprint density at radius 2 is 1.76 bits per heavy atom. The van der Waals surface area contributed by atoms with E-state index in [1.54, 1.807) is 18.2 Å². The zero-order valence-electron chi connectivity index (χ0n) is 21.8. The molecule has 0 saturated heterocycles. The number of sulfonamides is 1. The second kappa shape index (κ2) is 13.3. The maximum Gasteiger partial charge on any atom is 0.244 e. The smallest absolute Gasteiger partial charge is 0.244 e. The van der Waals surface area contributed by atoms with Crippen LogP contribution in [0.25, 0.3) is 0 Å². The molecular formula is C27H37N3O6S. The number of carbonyl (C=O) groups is 2. The number of nitrogens with one attached hydrogen (secondary N) is 1. The summed E-state index contributed by atoms with van der Waals surface area (Å²) < 4.78 is 38.0. The van der Waals surface area contributed by atoms with Crippen molar-refractivity contribution >= 4 is 27.5 Å². The first-order valence-corrected chi connectivity index (χ1v) is 14.4. The number of hydrogen-bond acceptors (Lipinski definition) is 6. The number of benzene rings is 2. The van der Waals surface area contributed by atoms with Crippen molar-refractivity contribution in [3.05, 3.63) is 54.1 Å². The van der Waals surface area contributed by atoms with Gasteiger partial charge in [-0.3, -0.25) is 13.9 Å². The third kappa shape index (κ3) is 7.38. The van der Waals surface area contributed by atoms with Gasteiger partial charge in [-0.25, -0.2) is 8.42 Å². The Hall–Kier alpha value is -3.27. The average molecular weight is 532 g/mol. The predicted octanol–water partition coefficient (Wildman–Crippen LogP) is 3.34. The normalized spacial score (nSPS) is 13.2. The lowest BCUT2D eigenvalue weighted by Crippen LogP contribution is -2.53. The molecule has 1 unspecified atom stereocenters. The van der Waals surface area contributed by atoms with Crippen LogP contribution in [0.15, 0.2) is 48.5 Å². The predicted molar refractivity (Wildman–Crippen MR) is 143 cm³/mol. The molecule has 2 amide bonds. The quantitative estimate of drug-likeness (QED) is 0.375. The molecule has 0 fully saturated rings. The second-order valence-corrected chi connectivity index (χ2v) is 11.0. The Kier molecular flexibility index (Phi) is 10.2. The standard InChI is InChI=1S/C27H37N3O6S/c1-4-7-16-28-27(32)23(5-2)29(17-15-21-11-9-8-10-12-21)26(31)19-30(37(33,34)6-3)22-13-14-24-25(18-22)36-20-35-24/h8-14,18,23H,4-7,15-17,19-20H2,1-3H3,(H,28,32). The molecule has 1 atom stereocenters. The zero-order valence-corrected chi connectivity index (χ0v) is 22.6. The fraction of sp³-hybridized carbons (Fsp3) is 0.481. The van der Waals surface area contributed by atoms with Crippen molar-refractivity contribution in [3.8, 4) is 11.5 Å². The summed E-state index contributed by atoms with van der Waals surface area (Å²) in [7, 11) is -3.81. The number of fused-ring (bicyclic) bond motifs is 1. The summed E-state index contributed by atoms with van der Waals surface area (Å²) in [6, 6.07) is 13.8. The molecule has 1 aliphatic rings. The Balaban J connectivity index is 1.89. The van der Waals surface area contributed by atoms with E-state index in [2.05, 4.69) is 5.32 Å². The molecule has 2 aromatic carbocycles. The third-order valence-corrected chi connectivity index (χ3v) is 8.06. The van der Waals surface area contributed by atoms with E-state index < -0.39 is 28.5 Å². The van der Waals surface area contributed by atoms with Gasteiger partial charge in [-0.15, -0.1) is 0 Å². The first-order valence-electron chi connectivity index (χ1n) is 12.8. The van der Waals surface area contributed by atoms with Crippen molar-refractivity contribution in [1.29, 1.82) is 0 Å². The number of nitrogens with zero attached hydrogens (tertiary/aromatic N) is 2. The topological polar surface area (TPSA) is 105 Å². The third-order valence-electron chi connectivity index (χ3n) is 6.32. The fourth-order valence-electron chi connectivity index (χ4n) is 4.16. The number of hydrogen-bond donors (Lipinski definition) is 1. The monoisotopic (exact) mass is 531 g/mol. The van der Waals surface area contributed by atoms with Crippen LogP contribution in [0.3, 0.4) is 0 Å². The Morgan fingerprint density at radius 3 is 2.43 bits per heavy atom. The molecule has 37 heavy (non-hydrogen) atoms. The maximum atomic E-state index is 13.8. The number of unbranched alkanes of at least 4 members (excludes halogenated alkanes) is 1. The molecule has 0 bridgehead atoms. The highest BCUT2D eigenvalue weighted by Crippen LogP contribution is 2.36. The van der Waals surface area contributed by atoms with E-state index in [1.807, 2.05) is 44.2 Å². The van der Waals surface area contributed by atoms with Gasteiger partial charge in [-0.05, 0) is 43.9 Å². The first-order chi connectivity index (χ1) is 17.8. The minimum absolute atomic E-state index is 0.0524. The van der Waals surface area contributed by atoms with Crippen molar-refractivity contribution in [1.82, 2.24) is 10.2 Å². The summed E-state index contributed by atoms with van der Waals surface area (Å²) in [5.41, 5.74) is 1.33. The van der Waals surface area contributed by atoms with Crippen molar-refractivity contribution in [2.45, 2.75) is 52.5 Å². The number of rotatable bonds is 14. The fourth-order valence-corrected chi connectivity index (χ4v) is 5.22. The molecule has 0 saturated carbocycles. The van der Waals surface area contributed by atoms with Gasteiger partial charge in [0.2, 0.25) is 28.6 Å². The summed E-state index contributed by atoms with van der Waals surface area (Å²) in [6.07, 6.45) is 2.72. The van der Waals surface area contributed by atoms with Crippen molar-refractivity contribution in [3.63, 3.8) is 0 Å². The van der Waals surface area contributed by atoms with Gasteiger partial charge >= 0.3 is 0 Å². The van der Waals surface area contributed by atoms with E-state index in [0.717, 1.165) is 22.7 Å². The Morgan fingerprint density at radius 1 is 1.03 bits per heavy atom. The van der Waals surface area contributed by atoms with Gasteiger partial charge in [0.05, 0.1) is 11.4 Å². The molecule has 9 nitrogen and oxygen atoms in total.